The van der Waals surface area contributed by atoms with Crippen LogP contribution in [0.2, 0.25) is 0 Å². The first-order chi connectivity index (χ1) is 12.1. The first kappa shape index (κ1) is 17.2. The van der Waals surface area contributed by atoms with E-state index < -0.39 is 0 Å². The van der Waals surface area contributed by atoms with Gasteiger partial charge in [0.15, 0.2) is 0 Å². The molecule has 1 aliphatic rings. The highest BCUT2D eigenvalue weighted by atomic mass is 16.2. The third-order valence-electron chi connectivity index (χ3n) is 4.75. The van der Waals surface area contributed by atoms with Gasteiger partial charge in [0.05, 0.1) is 6.20 Å². The van der Waals surface area contributed by atoms with Gasteiger partial charge >= 0.3 is 0 Å². The molecule has 1 aromatic carbocycles. The lowest BCUT2D eigenvalue weighted by molar-refractivity contribution is -0.138. The Hall–Kier alpha value is -2.63. The normalized spacial score (nSPS) is 17.8. The topological polar surface area (TPSA) is 69.3 Å². The number of nitrogens with zero attached hydrogens (tertiary/aromatic N) is 3. The average molecular weight is 340 g/mol. The molecule has 1 aliphatic heterocycles. The molecule has 1 saturated heterocycles. The van der Waals surface area contributed by atoms with Gasteiger partial charge in [-0.25, -0.2) is 0 Å². The first-order valence-corrected chi connectivity index (χ1v) is 8.77. The molecule has 0 spiro atoms. The maximum Gasteiger partial charge on any atom is 0.254 e. The van der Waals surface area contributed by atoms with E-state index in [4.69, 9.17) is 0 Å². The SMILES string of the molecule is CCCCC1C(=O)N(C)CCN1C(=O)c1cccc(-c2cn[nH]c2)c1. The lowest BCUT2D eigenvalue weighted by Gasteiger charge is -2.39. The van der Waals surface area contributed by atoms with Crippen molar-refractivity contribution >= 4 is 11.8 Å². The Labute approximate surface area is 147 Å². The van der Waals surface area contributed by atoms with Gasteiger partial charge in [0.2, 0.25) is 5.91 Å². The van der Waals surface area contributed by atoms with E-state index >= 15 is 0 Å². The van der Waals surface area contributed by atoms with Crippen molar-refractivity contribution in [3.8, 4) is 11.1 Å². The smallest absolute Gasteiger partial charge is 0.254 e. The van der Waals surface area contributed by atoms with E-state index in [0.29, 0.717) is 25.1 Å². The summed E-state index contributed by atoms with van der Waals surface area (Å²) in [4.78, 5) is 29.1. The molecule has 1 fully saturated rings. The maximum absolute atomic E-state index is 13.1. The van der Waals surface area contributed by atoms with Gasteiger partial charge in [-0.2, -0.15) is 5.10 Å². The lowest BCUT2D eigenvalue weighted by Crippen LogP contribution is -2.57. The zero-order valence-corrected chi connectivity index (χ0v) is 14.7. The second kappa shape index (κ2) is 7.51. The van der Waals surface area contributed by atoms with Crippen LogP contribution in [0.5, 0.6) is 0 Å². The van der Waals surface area contributed by atoms with E-state index in [-0.39, 0.29) is 17.9 Å². The van der Waals surface area contributed by atoms with Crippen molar-refractivity contribution in [1.29, 1.82) is 0 Å². The molecule has 0 radical (unpaired) electrons. The van der Waals surface area contributed by atoms with E-state index in [1.165, 1.54) is 0 Å². The zero-order chi connectivity index (χ0) is 17.8. The van der Waals surface area contributed by atoms with Gasteiger partial charge in [-0.15, -0.1) is 0 Å². The molecule has 1 atom stereocenters. The van der Waals surface area contributed by atoms with Crippen LogP contribution in [0.15, 0.2) is 36.7 Å². The number of likely N-dealkylation sites (N-methyl/N-ethyl adjacent to an activating group) is 1. The summed E-state index contributed by atoms with van der Waals surface area (Å²) in [7, 11) is 1.81. The van der Waals surface area contributed by atoms with Crippen LogP contribution in [0.3, 0.4) is 0 Å². The van der Waals surface area contributed by atoms with Gasteiger partial charge in [0.25, 0.3) is 5.91 Å². The highest BCUT2D eigenvalue weighted by Crippen LogP contribution is 2.23. The highest BCUT2D eigenvalue weighted by Gasteiger charge is 2.35. The minimum atomic E-state index is -0.358. The molecule has 1 unspecified atom stereocenters. The van der Waals surface area contributed by atoms with Gasteiger partial charge in [0, 0.05) is 37.5 Å². The van der Waals surface area contributed by atoms with E-state index in [1.807, 2.05) is 31.3 Å². The van der Waals surface area contributed by atoms with Crippen LogP contribution in [-0.4, -0.2) is 58.0 Å². The van der Waals surface area contributed by atoms with Crippen molar-refractivity contribution in [1.82, 2.24) is 20.0 Å². The molecule has 132 valence electrons. The highest BCUT2D eigenvalue weighted by molar-refractivity contribution is 5.99. The summed E-state index contributed by atoms with van der Waals surface area (Å²) in [5, 5.41) is 6.74. The molecule has 0 saturated carbocycles. The quantitative estimate of drug-likeness (QED) is 0.909. The summed E-state index contributed by atoms with van der Waals surface area (Å²) >= 11 is 0. The monoisotopic (exact) mass is 340 g/mol. The molecule has 2 amide bonds. The Morgan fingerprint density at radius 3 is 2.88 bits per heavy atom. The molecule has 2 heterocycles. The van der Waals surface area contributed by atoms with Gasteiger partial charge in [-0.3, -0.25) is 14.7 Å². The number of hydrogen-bond donors (Lipinski definition) is 1. The summed E-state index contributed by atoms with van der Waals surface area (Å²) in [6.07, 6.45) is 6.18. The number of piperazine rings is 1. The fourth-order valence-corrected chi connectivity index (χ4v) is 3.24. The Morgan fingerprint density at radius 2 is 2.16 bits per heavy atom. The number of aromatic nitrogens is 2. The van der Waals surface area contributed by atoms with E-state index in [2.05, 4.69) is 17.1 Å². The van der Waals surface area contributed by atoms with Gasteiger partial charge < -0.3 is 9.80 Å². The Morgan fingerprint density at radius 1 is 1.32 bits per heavy atom. The predicted octanol–water partition coefficient (Wildman–Crippen LogP) is 2.55. The van der Waals surface area contributed by atoms with Crippen molar-refractivity contribution in [2.75, 3.05) is 20.1 Å². The van der Waals surface area contributed by atoms with Crippen LogP contribution < -0.4 is 0 Å². The Bertz CT molecular complexity index is 742. The number of unbranched alkanes of at least 4 members (excludes halogenated alkanes) is 1. The first-order valence-electron chi connectivity index (χ1n) is 8.77. The van der Waals surface area contributed by atoms with Crippen molar-refractivity contribution in [3.05, 3.63) is 42.2 Å². The molecule has 2 aromatic rings. The lowest BCUT2D eigenvalue weighted by atomic mass is 10.0. The zero-order valence-electron chi connectivity index (χ0n) is 14.7. The number of benzene rings is 1. The molecule has 0 bridgehead atoms. The molecular formula is C19H24N4O2. The van der Waals surface area contributed by atoms with E-state index in [9.17, 15) is 9.59 Å². The standard InChI is InChI=1S/C19H24N4O2/c1-3-4-8-17-19(25)22(2)9-10-23(17)18(24)15-7-5-6-14(11-15)16-12-20-21-13-16/h5-7,11-13,17H,3-4,8-10H2,1-2H3,(H,20,21). The second-order valence-electron chi connectivity index (χ2n) is 6.48. The summed E-state index contributed by atoms with van der Waals surface area (Å²) in [5.74, 6) is -0.0352. The number of amides is 2. The van der Waals surface area contributed by atoms with E-state index in [0.717, 1.165) is 24.0 Å². The van der Waals surface area contributed by atoms with Crippen molar-refractivity contribution in [2.24, 2.45) is 0 Å². The van der Waals surface area contributed by atoms with Crippen LogP contribution >= 0.6 is 0 Å². The number of carbonyl (C=O) groups is 2. The fraction of sp³-hybridized carbons (Fsp3) is 0.421. The number of nitrogens with one attached hydrogen (secondary N) is 1. The maximum atomic E-state index is 13.1. The van der Waals surface area contributed by atoms with Crippen molar-refractivity contribution in [2.45, 2.75) is 32.2 Å². The van der Waals surface area contributed by atoms with E-state index in [1.54, 1.807) is 22.2 Å². The minimum Gasteiger partial charge on any atom is -0.342 e. The third kappa shape index (κ3) is 3.57. The van der Waals surface area contributed by atoms with Crippen LogP contribution in [0.4, 0.5) is 0 Å². The Kier molecular flexibility index (Phi) is 5.16. The average Bonchev–Trinajstić information content (AvgIpc) is 3.17. The summed E-state index contributed by atoms with van der Waals surface area (Å²) in [6.45, 7) is 3.25. The number of H-pyrrole nitrogens is 1. The van der Waals surface area contributed by atoms with Crippen molar-refractivity contribution < 1.29 is 9.59 Å². The van der Waals surface area contributed by atoms with Crippen LogP contribution in [-0.2, 0) is 4.79 Å². The molecular weight excluding hydrogens is 316 g/mol. The minimum absolute atomic E-state index is 0.0408. The number of carbonyl (C=O) groups excluding carboxylic acids is 2. The summed E-state index contributed by atoms with van der Waals surface area (Å²) in [5.41, 5.74) is 2.48. The fourth-order valence-electron chi connectivity index (χ4n) is 3.24. The molecule has 3 rings (SSSR count). The molecule has 6 nitrogen and oxygen atoms in total. The largest absolute Gasteiger partial charge is 0.342 e. The predicted molar refractivity (Wildman–Crippen MR) is 96.0 cm³/mol. The third-order valence-corrected chi connectivity index (χ3v) is 4.75. The van der Waals surface area contributed by atoms with Crippen LogP contribution in [0.25, 0.3) is 11.1 Å². The number of aromatic amines is 1. The molecule has 25 heavy (non-hydrogen) atoms. The van der Waals surface area contributed by atoms with Gasteiger partial charge in [0.1, 0.15) is 6.04 Å². The summed E-state index contributed by atoms with van der Waals surface area (Å²) in [6, 6.07) is 7.14. The Balaban J connectivity index is 1.85. The molecule has 0 aliphatic carbocycles. The van der Waals surface area contributed by atoms with Crippen LogP contribution in [0, 0.1) is 0 Å². The summed E-state index contributed by atoms with van der Waals surface area (Å²) < 4.78 is 0. The second-order valence-corrected chi connectivity index (χ2v) is 6.48. The van der Waals surface area contributed by atoms with Crippen LogP contribution in [0.1, 0.15) is 36.5 Å². The molecule has 1 N–H and O–H groups in total. The molecule has 1 aromatic heterocycles. The number of hydrogen-bond acceptors (Lipinski definition) is 3. The number of rotatable bonds is 5. The molecule has 6 heteroatoms. The van der Waals surface area contributed by atoms with Gasteiger partial charge in [-0.1, -0.05) is 31.9 Å². The van der Waals surface area contributed by atoms with Gasteiger partial charge in [-0.05, 0) is 24.1 Å². The van der Waals surface area contributed by atoms with Crippen molar-refractivity contribution in [3.63, 3.8) is 0 Å².